The van der Waals surface area contributed by atoms with Crippen molar-refractivity contribution >= 4 is 0 Å². The van der Waals surface area contributed by atoms with Gasteiger partial charge in [-0.3, -0.25) is 0 Å². The Morgan fingerprint density at radius 3 is 2.05 bits per heavy atom. The minimum Gasteiger partial charge on any atom is -0.115 e. The summed E-state index contributed by atoms with van der Waals surface area (Å²) in [5.74, 6) is 3.70. The van der Waals surface area contributed by atoms with Crippen molar-refractivity contribution in [1.82, 2.24) is 0 Å². The molecule has 1 aromatic carbocycles. The quantitative estimate of drug-likeness (QED) is 0.632. The van der Waals surface area contributed by atoms with Gasteiger partial charge in [0.2, 0.25) is 0 Å². The van der Waals surface area contributed by atoms with Crippen LogP contribution in [0, 0.1) is 29.1 Å². The molecule has 0 spiro atoms. The van der Waals surface area contributed by atoms with E-state index in [1.807, 2.05) is 0 Å². The van der Waals surface area contributed by atoms with Crippen molar-refractivity contribution in [2.75, 3.05) is 0 Å². The van der Waals surface area contributed by atoms with Crippen molar-refractivity contribution in [1.29, 1.82) is 0 Å². The first-order chi connectivity index (χ1) is 9.44. The van der Waals surface area contributed by atoms with E-state index in [4.69, 9.17) is 6.42 Å². The molecule has 4 fully saturated rings. The molecule has 0 heteroatoms. The lowest BCUT2D eigenvalue weighted by molar-refractivity contribution is -0.110. The second kappa shape index (κ2) is 3.70. The molecule has 4 aliphatic rings. The van der Waals surface area contributed by atoms with Crippen LogP contribution in [0.5, 0.6) is 0 Å². The van der Waals surface area contributed by atoms with E-state index in [1.165, 1.54) is 38.5 Å². The maximum atomic E-state index is 5.50. The molecule has 1 aromatic rings. The highest BCUT2D eigenvalue weighted by atomic mass is 14.6. The summed E-state index contributed by atoms with van der Waals surface area (Å²) in [5.41, 5.74) is 4.17. The molecule has 104 valence electrons. The van der Waals surface area contributed by atoms with Crippen LogP contribution >= 0.6 is 0 Å². The molecule has 0 aliphatic heterocycles. The fourth-order valence-corrected chi connectivity index (χ4v) is 6.69. The monoisotopic (exact) mass is 264 g/mol. The summed E-state index contributed by atoms with van der Waals surface area (Å²) in [4.78, 5) is 0. The summed E-state index contributed by atoms with van der Waals surface area (Å²) in [6.45, 7) is 5.08. The van der Waals surface area contributed by atoms with Crippen LogP contribution in [0.1, 0.15) is 63.5 Å². The first kappa shape index (κ1) is 12.5. The Bertz CT molecular complexity index is 567. The Balaban J connectivity index is 1.78. The largest absolute Gasteiger partial charge is 0.115 e. The summed E-state index contributed by atoms with van der Waals surface area (Å²) in [6, 6.07) is 8.90. The van der Waals surface area contributed by atoms with E-state index in [0.717, 1.165) is 11.5 Å². The van der Waals surface area contributed by atoms with Gasteiger partial charge in [-0.2, -0.15) is 0 Å². The Morgan fingerprint density at radius 1 is 0.950 bits per heavy atom. The topological polar surface area (TPSA) is 0 Å². The third-order valence-electron chi connectivity index (χ3n) is 6.29. The molecule has 2 unspecified atom stereocenters. The Labute approximate surface area is 123 Å². The number of terminal acetylenes is 1. The SMILES string of the molecule is C#Cc1ccc(C23CC4CC(C)(CC(C)(C4)C2)C3)cc1. The zero-order chi connectivity index (χ0) is 14.0. The second-order valence-corrected chi connectivity index (χ2v) is 8.63. The summed E-state index contributed by atoms with van der Waals surface area (Å²) in [7, 11) is 0. The number of hydrogen-bond acceptors (Lipinski definition) is 0. The predicted molar refractivity (Wildman–Crippen MR) is 83.5 cm³/mol. The van der Waals surface area contributed by atoms with Gasteiger partial charge >= 0.3 is 0 Å². The second-order valence-electron chi connectivity index (χ2n) is 8.63. The highest BCUT2D eigenvalue weighted by Gasteiger charge is 2.60. The minimum atomic E-state index is 0.441. The minimum absolute atomic E-state index is 0.441. The van der Waals surface area contributed by atoms with E-state index in [0.29, 0.717) is 16.2 Å². The summed E-state index contributed by atoms with van der Waals surface area (Å²) < 4.78 is 0. The van der Waals surface area contributed by atoms with Gasteiger partial charge in [-0.25, -0.2) is 0 Å². The maximum Gasteiger partial charge on any atom is 0.0242 e. The summed E-state index contributed by atoms with van der Waals surface area (Å²) in [6.07, 6.45) is 14.1. The third-order valence-corrected chi connectivity index (χ3v) is 6.29. The average molecular weight is 264 g/mol. The molecule has 4 bridgehead atoms. The van der Waals surface area contributed by atoms with E-state index >= 15 is 0 Å². The first-order valence-electron chi connectivity index (χ1n) is 8.02. The smallest absolute Gasteiger partial charge is 0.0242 e. The summed E-state index contributed by atoms with van der Waals surface area (Å²) in [5, 5.41) is 0. The average Bonchev–Trinajstić information content (AvgIpc) is 2.34. The third kappa shape index (κ3) is 1.69. The fraction of sp³-hybridized carbons (Fsp3) is 0.600. The molecular formula is C20H24. The van der Waals surface area contributed by atoms with Gasteiger partial charge in [-0.15, -0.1) is 6.42 Å². The molecule has 0 amide bonds. The van der Waals surface area contributed by atoms with E-state index in [1.54, 1.807) is 5.56 Å². The molecule has 0 radical (unpaired) electrons. The van der Waals surface area contributed by atoms with Crippen molar-refractivity contribution in [2.45, 2.75) is 57.8 Å². The lowest BCUT2D eigenvalue weighted by Crippen LogP contribution is -2.56. The highest BCUT2D eigenvalue weighted by Crippen LogP contribution is 2.69. The molecule has 4 aliphatic carbocycles. The maximum absolute atomic E-state index is 5.50. The molecule has 5 rings (SSSR count). The molecule has 0 N–H and O–H groups in total. The van der Waals surface area contributed by atoms with Crippen LogP contribution in [0.25, 0.3) is 0 Å². The molecule has 0 nitrogen and oxygen atoms in total. The van der Waals surface area contributed by atoms with Gasteiger partial charge in [-0.05, 0) is 78.4 Å². The van der Waals surface area contributed by atoms with Crippen LogP contribution in [0.2, 0.25) is 0 Å². The van der Waals surface area contributed by atoms with Crippen LogP contribution in [-0.2, 0) is 5.41 Å². The van der Waals surface area contributed by atoms with Gasteiger partial charge in [0.05, 0.1) is 0 Å². The molecule has 0 saturated heterocycles. The van der Waals surface area contributed by atoms with Gasteiger partial charge in [0.25, 0.3) is 0 Å². The van der Waals surface area contributed by atoms with Crippen molar-refractivity contribution in [3.8, 4) is 12.3 Å². The first-order valence-corrected chi connectivity index (χ1v) is 8.02. The van der Waals surface area contributed by atoms with Crippen molar-refractivity contribution < 1.29 is 0 Å². The molecular weight excluding hydrogens is 240 g/mol. The fourth-order valence-electron chi connectivity index (χ4n) is 6.69. The predicted octanol–water partition coefficient (Wildman–Crippen LogP) is 4.92. The Hall–Kier alpha value is -1.22. The standard InChI is InChI=1S/C20H24/c1-4-15-5-7-17(8-6-15)20-11-16-9-18(2,13-20)12-19(3,10-16)14-20/h1,5-8,16H,9-14H2,2-3H3. The number of rotatable bonds is 1. The van der Waals surface area contributed by atoms with E-state index in [2.05, 4.69) is 44.0 Å². The number of benzene rings is 1. The highest BCUT2D eigenvalue weighted by molar-refractivity contribution is 5.39. The van der Waals surface area contributed by atoms with Gasteiger partial charge in [0.1, 0.15) is 0 Å². The van der Waals surface area contributed by atoms with Crippen molar-refractivity contribution in [2.24, 2.45) is 16.7 Å². The van der Waals surface area contributed by atoms with Crippen LogP contribution in [-0.4, -0.2) is 0 Å². The Kier molecular flexibility index (Phi) is 2.32. The lowest BCUT2D eigenvalue weighted by atomic mass is 9.39. The van der Waals surface area contributed by atoms with E-state index in [9.17, 15) is 0 Å². The van der Waals surface area contributed by atoms with Gasteiger partial charge in [-0.1, -0.05) is 31.9 Å². The van der Waals surface area contributed by atoms with E-state index < -0.39 is 0 Å². The van der Waals surface area contributed by atoms with Crippen LogP contribution in [0.4, 0.5) is 0 Å². The van der Waals surface area contributed by atoms with Crippen molar-refractivity contribution in [3.05, 3.63) is 35.4 Å². The zero-order valence-electron chi connectivity index (χ0n) is 12.7. The number of hydrogen-bond donors (Lipinski definition) is 0. The van der Waals surface area contributed by atoms with Crippen LogP contribution in [0.3, 0.4) is 0 Å². The molecule has 20 heavy (non-hydrogen) atoms. The lowest BCUT2D eigenvalue weighted by Gasteiger charge is -2.65. The van der Waals surface area contributed by atoms with Gasteiger partial charge in [0.15, 0.2) is 0 Å². The Morgan fingerprint density at radius 2 is 1.55 bits per heavy atom. The molecule has 4 saturated carbocycles. The molecule has 0 aromatic heterocycles. The van der Waals surface area contributed by atoms with Gasteiger partial charge < -0.3 is 0 Å². The molecule has 2 atom stereocenters. The van der Waals surface area contributed by atoms with Crippen LogP contribution in [0.15, 0.2) is 24.3 Å². The van der Waals surface area contributed by atoms with Gasteiger partial charge in [0, 0.05) is 5.56 Å². The summed E-state index contributed by atoms with van der Waals surface area (Å²) >= 11 is 0. The normalized spacial score (nSPS) is 45.4. The van der Waals surface area contributed by atoms with E-state index in [-0.39, 0.29) is 0 Å². The van der Waals surface area contributed by atoms with Crippen molar-refractivity contribution in [3.63, 3.8) is 0 Å². The zero-order valence-corrected chi connectivity index (χ0v) is 12.7. The molecule has 0 heterocycles. The van der Waals surface area contributed by atoms with Crippen LogP contribution < -0.4 is 0 Å².